The standard InChI is InChI=1S/C26H22ClF3N2O4S/c1-36-20-8-7-18-13-19(25(33)31-24(18)14-20)16-32(12-11-17-5-3-2-4-6-17)37(34,35)21-9-10-23(27)22(15-21)26(28,29)30/h2-10,13-15H,11-12,16H2,1H3,(H,31,33). The van der Waals surface area contributed by atoms with Crippen molar-refractivity contribution >= 4 is 32.5 Å². The number of pyridine rings is 1. The molecule has 6 nitrogen and oxygen atoms in total. The maximum Gasteiger partial charge on any atom is 0.417 e. The number of methoxy groups -OCH3 is 1. The number of nitrogens with one attached hydrogen (secondary N) is 1. The molecule has 1 aromatic heterocycles. The molecule has 0 radical (unpaired) electrons. The van der Waals surface area contributed by atoms with E-state index in [0.717, 1.165) is 22.0 Å². The van der Waals surface area contributed by atoms with Gasteiger partial charge in [0, 0.05) is 24.7 Å². The van der Waals surface area contributed by atoms with E-state index in [1.165, 1.54) is 7.11 Å². The summed E-state index contributed by atoms with van der Waals surface area (Å²) in [4.78, 5) is 15.0. The summed E-state index contributed by atoms with van der Waals surface area (Å²) in [6.07, 6.45) is -4.56. The highest BCUT2D eigenvalue weighted by atomic mass is 35.5. The van der Waals surface area contributed by atoms with Gasteiger partial charge in [-0.1, -0.05) is 41.9 Å². The van der Waals surface area contributed by atoms with Gasteiger partial charge >= 0.3 is 6.18 Å². The van der Waals surface area contributed by atoms with Crippen molar-refractivity contribution in [3.63, 3.8) is 0 Å². The molecule has 11 heteroatoms. The van der Waals surface area contributed by atoms with Crippen LogP contribution >= 0.6 is 11.6 Å². The molecule has 0 atom stereocenters. The number of alkyl halides is 3. The van der Waals surface area contributed by atoms with Gasteiger partial charge in [-0.05, 0) is 53.8 Å². The van der Waals surface area contributed by atoms with Crippen molar-refractivity contribution < 1.29 is 26.3 Å². The Morgan fingerprint density at radius 2 is 1.73 bits per heavy atom. The number of aromatic nitrogens is 1. The lowest BCUT2D eigenvalue weighted by Gasteiger charge is -2.23. The van der Waals surface area contributed by atoms with Gasteiger partial charge in [-0.25, -0.2) is 8.42 Å². The minimum Gasteiger partial charge on any atom is -0.497 e. The summed E-state index contributed by atoms with van der Waals surface area (Å²) in [5.41, 5.74) is -0.309. The van der Waals surface area contributed by atoms with Crippen LogP contribution in [-0.4, -0.2) is 31.4 Å². The molecule has 4 aromatic rings. The molecule has 0 fully saturated rings. The second kappa shape index (κ2) is 10.6. The number of fused-ring (bicyclic) bond motifs is 1. The van der Waals surface area contributed by atoms with E-state index >= 15 is 0 Å². The summed E-state index contributed by atoms with van der Waals surface area (Å²) in [5.74, 6) is 0.533. The third-order valence-electron chi connectivity index (χ3n) is 5.85. The molecule has 37 heavy (non-hydrogen) atoms. The molecule has 0 bridgehead atoms. The lowest BCUT2D eigenvalue weighted by Crippen LogP contribution is -2.34. The minimum absolute atomic E-state index is 0.0730. The van der Waals surface area contributed by atoms with Gasteiger partial charge in [0.25, 0.3) is 5.56 Å². The zero-order valence-corrected chi connectivity index (χ0v) is 21.1. The Labute approximate surface area is 216 Å². The summed E-state index contributed by atoms with van der Waals surface area (Å²) in [6, 6.07) is 18.1. The van der Waals surface area contributed by atoms with E-state index in [1.807, 2.05) is 18.2 Å². The van der Waals surface area contributed by atoms with Crippen LogP contribution in [0, 0.1) is 0 Å². The number of sulfonamides is 1. The molecule has 0 saturated heterocycles. The van der Waals surface area contributed by atoms with Crippen LogP contribution < -0.4 is 10.3 Å². The van der Waals surface area contributed by atoms with E-state index in [1.54, 1.807) is 36.4 Å². The number of halogens is 4. The summed E-state index contributed by atoms with van der Waals surface area (Å²) in [5, 5.41) is 0.0327. The molecule has 1 N–H and O–H groups in total. The number of aromatic amines is 1. The normalized spacial score (nSPS) is 12.3. The number of hydrogen-bond acceptors (Lipinski definition) is 4. The van der Waals surface area contributed by atoms with Crippen LogP contribution in [-0.2, 0) is 29.2 Å². The molecule has 194 valence electrons. The fraction of sp³-hybridized carbons (Fsp3) is 0.192. The molecular formula is C26H22ClF3N2O4S. The molecule has 0 aliphatic heterocycles. The Morgan fingerprint density at radius 1 is 1.00 bits per heavy atom. The fourth-order valence-corrected chi connectivity index (χ4v) is 5.54. The monoisotopic (exact) mass is 550 g/mol. The van der Waals surface area contributed by atoms with Crippen molar-refractivity contribution in [1.82, 2.24) is 9.29 Å². The maximum absolute atomic E-state index is 13.6. The van der Waals surface area contributed by atoms with E-state index in [-0.39, 0.29) is 25.1 Å². The maximum atomic E-state index is 13.6. The Kier molecular flexibility index (Phi) is 7.63. The Morgan fingerprint density at radius 3 is 2.41 bits per heavy atom. The van der Waals surface area contributed by atoms with Gasteiger partial charge in [-0.2, -0.15) is 17.5 Å². The summed E-state index contributed by atoms with van der Waals surface area (Å²) in [6.45, 7) is -0.424. The number of ether oxygens (including phenoxy) is 1. The third-order valence-corrected chi connectivity index (χ3v) is 8.02. The van der Waals surface area contributed by atoms with Crippen molar-refractivity contribution in [3.8, 4) is 5.75 Å². The molecule has 0 aliphatic rings. The highest BCUT2D eigenvalue weighted by Gasteiger charge is 2.35. The molecule has 0 unspecified atom stereocenters. The molecule has 3 aromatic carbocycles. The van der Waals surface area contributed by atoms with E-state index in [9.17, 15) is 26.4 Å². The molecule has 0 spiro atoms. The van der Waals surface area contributed by atoms with Crippen molar-refractivity contribution in [1.29, 1.82) is 0 Å². The highest BCUT2D eigenvalue weighted by molar-refractivity contribution is 7.89. The van der Waals surface area contributed by atoms with Crippen molar-refractivity contribution in [2.45, 2.75) is 24.0 Å². The van der Waals surface area contributed by atoms with Crippen LogP contribution in [0.5, 0.6) is 5.75 Å². The Bertz CT molecular complexity index is 1590. The Hall–Kier alpha value is -3.34. The molecule has 1 heterocycles. The van der Waals surface area contributed by atoms with Gasteiger partial charge in [-0.15, -0.1) is 0 Å². The van der Waals surface area contributed by atoms with Crippen molar-refractivity contribution in [3.05, 3.63) is 105 Å². The van der Waals surface area contributed by atoms with Crippen LogP contribution in [0.2, 0.25) is 5.02 Å². The summed E-state index contributed by atoms with van der Waals surface area (Å²) in [7, 11) is -2.96. The van der Waals surface area contributed by atoms with Gasteiger partial charge < -0.3 is 9.72 Å². The molecule has 0 saturated carbocycles. The second-order valence-corrected chi connectivity index (χ2v) is 10.6. The minimum atomic E-state index is -4.84. The second-order valence-electron chi connectivity index (χ2n) is 8.29. The molecule has 0 aliphatic carbocycles. The SMILES string of the molecule is COc1ccc2cc(CN(CCc3ccccc3)S(=O)(=O)c3ccc(Cl)c(C(F)(F)F)c3)c(=O)[nH]c2c1. The Balaban J connectivity index is 1.75. The van der Waals surface area contributed by atoms with Gasteiger partial charge in [0.15, 0.2) is 0 Å². The van der Waals surface area contributed by atoms with E-state index in [4.69, 9.17) is 16.3 Å². The number of H-pyrrole nitrogens is 1. The average molecular weight is 551 g/mol. The highest BCUT2D eigenvalue weighted by Crippen LogP contribution is 2.36. The fourth-order valence-electron chi connectivity index (χ4n) is 3.87. The topological polar surface area (TPSA) is 79.5 Å². The van der Waals surface area contributed by atoms with Crippen LogP contribution in [0.1, 0.15) is 16.7 Å². The average Bonchev–Trinajstić information content (AvgIpc) is 2.86. The van der Waals surface area contributed by atoms with E-state index < -0.39 is 37.2 Å². The number of hydrogen-bond donors (Lipinski definition) is 1. The predicted molar refractivity (Wildman–Crippen MR) is 135 cm³/mol. The smallest absolute Gasteiger partial charge is 0.417 e. The van der Waals surface area contributed by atoms with Crippen LogP contribution in [0.25, 0.3) is 10.9 Å². The van der Waals surface area contributed by atoms with Crippen LogP contribution in [0.3, 0.4) is 0 Å². The molecular weight excluding hydrogens is 529 g/mol. The van der Waals surface area contributed by atoms with Gasteiger partial charge in [-0.3, -0.25) is 4.79 Å². The van der Waals surface area contributed by atoms with E-state index in [0.29, 0.717) is 22.7 Å². The zero-order chi connectivity index (χ0) is 26.8. The van der Waals surface area contributed by atoms with E-state index in [2.05, 4.69) is 4.98 Å². The number of benzene rings is 3. The number of rotatable bonds is 8. The van der Waals surface area contributed by atoms with Gasteiger partial charge in [0.2, 0.25) is 10.0 Å². The molecule has 0 amide bonds. The van der Waals surface area contributed by atoms with Crippen molar-refractivity contribution in [2.24, 2.45) is 0 Å². The van der Waals surface area contributed by atoms with Gasteiger partial charge in [0.1, 0.15) is 5.75 Å². The van der Waals surface area contributed by atoms with Gasteiger partial charge in [0.05, 0.1) is 28.1 Å². The zero-order valence-electron chi connectivity index (χ0n) is 19.5. The van der Waals surface area contributed by atoms with Crippen LogP contribution in [0.4, 0.5) is 13.2 Å². The first kappa shape index (κ1) is 26.7. The quantitative estimate of drug-likeness (QED) is 0.308. The van der Waals surface area contributed by atoms with Crippen molar-refractivity contribution in [2.75, 3.05) is 13.7 Å². The lowest BCUT2D eigenvalue weighted by molar-refractivity contribution is -0.137. The first-order valence-corrected chi connectivity index (χ1v) is 12.9. The largest absolute Gasteiger partial charge is 0.497 e. The third kappa shape index (κ3) is 5.98. The predicted octanol–water partition coefficient (Wildman–Crippen LogP) is 5.64. The lowest BCUT2D eigenvalue weighted by atomic mass is 10.1. The summed E-state index contributed by atoms with van der Waals surface area (Å²) < 4.78 is 73.7. The van der Waals surface area contributed by atoms with Crippen LogP contribution in [0.15, 0.2) is 82.5 Å². The summed E-state index contributed by atoms with van der Waals surface area (Å²) >= 11 is 5.70. The first-order chi connectivity index (χ1) is 17.5. The first-order valence-electron chi connectivity index (χ1n) is 11.1. The molecule has 4 rings (SSSR count). The number of nitrogens with zero attached hydrogens (tertiary/aromatic N) is 1.